The van der Waals surface area contributed by atoms with Gasteiger partial charge in [-0.3, -0.25) is 4.98 Å². The van der Waals surface area contributed by atoms with Crippen LogP contribution in [0.15, 0.2) is 18.3 Å². The zero-order chi connectivity index (χ0) is 12.3. The van der Waals surface area contributed by atoms with E-state index in [1.807, 2.05) is 0 Å². The van der Waals surface area contributed by atoms with E-state index < -0.39 is 12.8 Å². The molecule has 1 saturated carbocycles. The van der Waals surface area contributed by atoms with Crippen LogP contribution in [0.1, 0.15) is 18.5 Å². The zero-order valence-electron chi connectivity index (χ0n) is 9.13. The van der Waals surface area contributed by atoms with Crippen molar-refractivity contribution in [1.82, 2.24) is 10.3 Å². The Hall–Kier alpha value is -1.30. The number of aromatic nitrogens is 1. The van der Waals surface area contributed by atoms with E-state index in [0.29, 0.717) is 18.3 Å². The molecule has 94 valence electrons. The summed E-state index contributed by atoms with van der Waals surface area (Å²) in [5, 5.41) is 3.23. The highest BCUT2D eigenvalue weighted by atomic mass is 19.4. The molecule has 0 atom stereocenters. The Labute approximate surface area is 97.0 Å². The first-order chi connectivity index (χ1) is 8.03. The summed E-state index contributed by atoms with van der Waals surface area (Å²) in [7, 11) is 0. The van der Waals surface area contributed by atoms with Gasteiger partial charge in [-0.2, -0.15) is 13.2 Å². The second-order valence-corrected chi connectivity index (χ2v) is 4.04. The fraction of sp³-hybridized carbons (Fsp3) is 0.545. The fourth-order valence-electron chi connectivity index (χ4n) is 1.34. The lowest BCUT2D eigenvalue weighted by atomic mass is 10.3. The van der Waals surface area contributed by atoms with Gasteiger partial charge in [0.1, 0.15) is 5.75 Å². The van der Waals surface area contributed by atoms with Gasteiger partial charge in [-0.15, -0.1) is 0 Å². The van der Waals surface area contributed by atoms with Crippen LogP contribution < -0.4 is 10.1 Å². The molecule has 0 aromatic carbocycles. The molecule has 1 heterocycles. The third kappa shape index (κ3) is 4.60. The molecule has 0 unspecified atom stereocenters. The largest absolute Gasteiger partial charge is 0.484 e. The summed E-state index contributed by atoms with van der Waals surface area (Å²) < 4.78 is 40.5. The Morgan fingerprint density at radius 3 is 2.82 bits per heavy atom. The highest BCUT2D eigenvalue weighted by molar-refractivity contribution is 5.22. The molecule has 0 amide bonds. The molecule has 1 aliphatic carbocycles. The first kappa shape index (κ1) is 12.2. The molecular formula is C11H13F3N2O. The molecule has 0 aliphatic heterocycles. The molecular weight excluding hydrogens is 233 g/mol. The molecule has 0 spiro atoms. The monoisotopic (exact) mass is 246 g/mol. The SMILES string of the molecule is FC(F)(F)COc1ccnc(CNC2CC2)c1. The summed E-state index contributed by atoms with van der Waals surface area (Å²) >= 11 is 0. The van der Waals surface area contributed by atoms with Crippen LogP contribution in [0, 0.1) is 0 Å². The van der Waals surface area contributed by atoms with E-state index in [4.69, 9.17) is 0 Å². The Balaban J connectivity index is 1.86. The maximum absolute atomic E-state index is 12.0. The van der Waals surface area contributed by atoms with Crippen LogP contribution in [0.2, 0.25) is 0 Å². The smallest absolute Gasteiger partial charge is 0.422 e. The number of nitrogens with zero attached hydrogens (tertiary/aromatic N) is 1. The molecule has 6 heteroatoms. The number of pyridine rings is 1. The van der Waals surface area contributed by atoms with Crippen LogP contribution in [0.3, 0.4) is 0 Å². The second-order valence-electron chi connectivity index (χ2n) is 4.04. The summed E-state index contributed by atoms with van der Waals surface area (Å²) in [6, 6.07) is 3.49. The molecule has 17 heavy (non-hydrogen) atoms. The molecule has 1 aromatic rings. The minimum atomic E-state index is -4.31. The molecule has 1 aliphatic rings. The van der Waals surface area contributed by atoms with Crippen LogP contribution in [0.4, 0.5) is 13.2 Å². The molecule has 0 bridgehead atoms. The molecule has 0 saturated heterocycles. The molecule has 1 aromatic heterocycles. The van der Waals surface area contributed by atoms with Gasteiger partial charge in [0.15, 0.2) is 6.61 Å². The highest BCUT2D eigenvalue weighted by Gasteiger charge is 2.28. The Morgan fingerprint density at radius 2 is 2.18 bits per heavy atom. The van der Waals surface area contributed by atoms with Crippen LogP contribution in [0.5, 0.6) is 5.75 Å². The summed E-state index contributed by atoms with van der Waals surface area (Å²) in [6.45, 7) is -0.708. The predicted octanol–water partition coefficient (Wildman–Crippen LogP) is 2.27. The van der Waals surface area contributed by atoms with Gasteiger partial charge in [0.2, 0.25) is 0 Å². The van der Waals surface area contributed by atoms with Gasteiger partial charge in [-0.25, -0.2) is 0 Å². The van der Waals surface area contributed by atoms with Gasteiger partial charge < -0.3 is 10.1 Å². The lowest BCUT2D eigenvalue weighted by Gasteiger charge is -2.10. The van der Waals surface area contributed by atoms with E-state index in [-0.39, 0.29) is 5.75 Å². The molecule has 1 N–H and O–H groups in total. The molecule has 1 fully saturated rings. The Morgan fingerprint density at radius 1 is 1.41 bits per heavy atom. The van der Waals surface area contributed by atoms with Crippen molar-refractivity contribution in [2.24, 2.45) is 0 Å². The Kier molecular flexibility index (Phi) is 3.51. The average molecular weight is 246 g/mol. The zero-order valence-corrected chi connectivity index (χ0v) is 9.13. The minimum Gasteiger partial charge on any atom is -0.484 e. The van der Waals surface area contributed by atoms with E-state index in [1.165, 1.54) is 18.3 Å². The van der Waals surface area contributed by atoms with Gasteiger partial charge >= 0.3 is 6.18 Å². The summed E-state index contributed by atoms with van der Waals surface area (Å²) in [5.41, 5.74) is 0.691. The summed E-state index contributed by atoms with van der Waals surface area (Å²) in [6.07, 6.45) is -0.542. The maximum Gasteiger partial charge on any atom is 0.422 e. The molecule has 0 radical (unpaired) electrons. The van der Waals surface area contributed by atoms with Gasteiger partial charge in [-0.05, 0) is 18.9 Å². The van der Waals surface area contributed by atoms with Crippen molar-refractivity contribution < 1.29 is 17.9 Å². The van der Waals surface area contributed by atoms with Crippen molar-refractivity contribution in [3.8, 4) is 5.75 Å². The molecule has 2 rings (SSSR count). The lowest BCUT2D eigenvalue weighted by molar-refractivity contribution is -0.153. The number of nitrogens with one attached hydrogen (secondary N) is 1. The third-order valence-electron chi connectivity index (χ3n) is 2.34. The van der Waals surface area contributed by atoms with Crippen LogP contribution in [-0.2, 0) is 6.54 Å². The van der Waals surface area contributed by atoms with Gasteiger partial charge in [0, 0.05) is 24.8 Å². The maximum atomic E-state index is 12.0. The normalized spacial score (nSPS) is 15.9. The van der Waals surface area contributed by atoms with E-state index in [2.05, 4.69) is 15.0 Å². The Bertz CT molecular complexity index is 377. The molecule has 3 nitrogen and oxygen atoms in total. The second kappa shape index (κ2) is 4.91. The van der Waals surface area contributed by atoms with Crippen molar-refractivity contribution >= 4 is 0 Å². The van der Waals surface area contributed by atoms with Crippen molar-refractivity contribution in [1.29, 1.82) is 0 Å². The lowest BCUT2D eigenvalue weighted by Crippen LogP contribution is -2.19. The predicted molar refractivity (Wildman–Crippen MR) is 55.6 cm³/mol. The number of ether oxygens (including phenoxy) is 1. The van der Waals surface area contributed by atoms with Crippen molar-refractivity contribution in [2.45, 2.75) is 31.6 Å². The average Bonchev–Trinajstić information content (AvgIpc) is 3.07. The van der Waals surface area contributed by atoms with Gasteiger partial charge in [0.25, 0.3) is 0 Å². The number of hydrogen-bond acceptors (Lipinski definition) is 3. The number of hydrogen-bond donors (Lipinski definition) is 1. The number of halogens is 3. The van der Waals surface area contributed by atoms with Gasteiger partial charge in [-0.1, -0.05) is 0 Å². The summed E-state index contributed by atoms with van der Waals surface area (Å²) in [4.78, 5) is 4.06. The van der Waals surface area contributed by atoms with E-state index in [0.717, 1.165) is 12.8 Å². The third-order valence-corrected chi connectivity index (χ3v) is 2.34. The van der Waals surface area contributed by atoms with E-state index in [1.54, 1.807) is 0 Å². The fourth-order valence-corrected chi connectivity index (χ4v) is 1.34. The van der Waals surface area contributed by atoms with E-state index in [9.17, 15) is 13.2 Å². The topological polar surface area (TPSA) is 34.1 Å². The van der Waals surface area contributed by atoms with Crippen molar-refractivity contribution in [3.63, 3.8) is 0 Å². The van der Waals surface area contributed by atoms with Crippen LogP contribution in [-0.4, -0.2) is 23.8 Å². The highest BCUT2D eigenvalue weighted by Crippen LogP contribution is 2.20. The van der Waals surface area contributed by atoms with E-state index >= 15 is 0 Å². The quantitative estimate of drug-likeness (QED) is 0.865. The first-order valence-corrected chi connectivity index (χ1v) is 5.41. The minimum absolute atomic E-state index is 0.199. The number of rotatable bonds is 5. The van der Waals surface area contributed by atoms with Crippen molar-refractivity contribution in [2.75, 3.05) is 6.61 Å². The summed E-state index contributed by atoms with van der Waals surface area (Å²) in [5.74, 6) is 0.199. The van der Waals surface area contributed by atoms with Crippen molar-refractivity contribution in [3.05, 3.63) is 24.0 Å². The van der Waals surface area contributed by atoms with Gasteiger partial charge in [0.05, 0.1) is 5.69 Å². The van der Waals surface area contributed by atoms with Crippen LogP contribution >= 0.6 is 0 Å². The standard InChI is InChI=1S/C11H13F3N2O/c12-11(13,14)7-17-10-3-4-15-9(5-10)6-16-8-1-2-8/h3-5,8,16H,1-2,6-7H2. The van der Waals surface area contributed by atoms with Crippen LogP contribution in [0.25, 0.3) is 0 Å². The first-order valence-electron chi connectivity index (χ1n) is 5.41. The number of alkyl halides is 3.